The van der Waals surface area contributed by atoms with Crippen LogP contribution in [0.25, 0.3) is 0 Å². The van der Waals surface area contributed by atoms with E-state index in [-0.39, 0.29) is 18.7 Å². The molecule has 2 saturated heterocycles. The fourth-order valence-electron chi connectivity index (χ4n) is 3.90. The lowest BCUT2D eigenvalue weighted by molar-refractivity contribution is -0.163. The minimum Gasteiger partial charge on any atom is -0.495 e. The first kappa shape index (κ1) is 24.6. The number of allylic oxidation sites excluding steroid dienone is 2. The lowest BCUT2D eigenvalue weighted by Gasteiger charge is -2.24. The lowest BCUT2D eigenvalue weighted by Crippen LogP contribution is -2.23. The van der Waals surface area contributed by atoms with Crippen LogP contribution in [0.3, 0.4) is 0 Å². The number of rotatable bonds is 14. The Morgan fingerprint density at radius 1 is 0.931 bits per heavy atom. The average Bonchev–Trinajstić information content (AvgIpc) is 2.74. The van der Waals surface area contributed by atoms with E-state index in [1.54, 1.807) is 0 Å². The van der Waals surface area contributed by atoms with Crippen molar-refractivity contribution in [2.75, 3.05) is 26.4 Å². The van der Waals surface area contributed by atoms with E-state index in [1.165, 1.54) is 12.8 Å². The van der Waals surface area contributed by atoms with Crippen molar-refractivity contribution in [3.63, 3.8) is 0 Å². The Labute approximate surface area is 178 Å². The van der Waals surface area contributed by atoms with Crippen LogP contribution >= 0.6 is 0 Å². The van der Waals surface area contributed by atoms with Crippen LogP contribution in [0.5, 0.6) is 0 Å². The highest BCUT2D eigenvalue weighted by Crippen LogP contribution is 2.25. The second kappa shape index (κ2) is 15.2. The maximum Gasteiger partial charge on any atom is 0.157 e. The van der Waals surface area contributed by atoms with E-state index >= 15 is 0 Å². The molecular formula is C24H44O5. The standard InChI is InChI=1S/C24H44O5/c1-4-21(12-11-19-28-24-15-7-10-18-27-24)22(29-20(2)3)13-5-8-16-25-23-14-6-9-17-26-23/h13,20-21,23-24H,4-12,14-19H2,1-3H3/b22-13-. The summed E-state index contributed by atoms with van der Waals surface area (Å²) in [6.45, 7) is 9.66. The van der Waals surface area contributed by atoms with Gasteiger partial charge in [-0.15, -0.1) is 0 Å². The van der Waals surface area contributed by atoms with Crippen molar-refractivity contribution >= 4 is 0 Å². The number of hydrogen-bond donors (Lipinski definition) is 0. The van der Waals surface area contributed by atoms with E-state index in [9.17, 15) is 0 Å². The first-order chi connectivity index (χ1) is 14.2. The molecule has 2 fully saturated rings. The van der Waals surface area contributed by atoms with Crippen molar-refractivity contribution < 1.29 is 23.7 Å². The molecule has 29 heavy (non-hydrogen) atoms. The minimum atomic E-state index is 0.00986. The summed E-state index contributed by atoms with van der Waals surface area (Å²) in [6.07, 6.45) is 14.5. The average molecular weight is 413 g/mol. The van der Waals surface area contributed by atoms with Crippen molar-refractivity contribution in [1.82, 2.24) is 0 Å². The van der Waals surface area contributed by atoms with E-state index < -0.39 is 0 Å². The molecule has 5 nitrogen and oxygen atoms in total. The third-order valence-corrected chi connectivity index (χ3v) is 5.54. The zero-order chi connectivity index (χ0) is 20.7. The maximum atomic E-state index is 6.18. The van der Waals surface area contributed by atoms with Crippen molar-refractivity contribution in [1.29, 1.82) is 0 Å². The van der Waals surface area contributed by atoms with Crippen LogP contribution in [-0.2, 0) is 23.7 Å². The molecule has 0 aromatic rings. The van der Waals surface area contributed by atoms with Gasteiger partial charge in [-0.25, -0.2) is 0 Å². The van der Waals surface area contributed by atoms with Crippen LogP contribution in [0.4, 0.5) is 0 Å². The molecule has 2 rings (SSSR count). The summed E-state index contributed by atoms with van der Waals surface area (Å²) < 4.78 is 29.2. The summed E-state index contributed by atoms with van der Waals surface area (Å²) in [4.78, 5) is 0. The monoisotopic (exact) mass is 412 g/mol. The molecule has 170 valence electrons. The smallest absolute Gasteiger partial charge is 0.157 e. The molecule has 0 amide bonds. The van der Waals surface area contributed by atoms with Gasteiger partial charge in [-0.3, -0.25) is 0 Å². The minimum absolute atomic E-state index is 0.00986. The Balaban J connectivity index is 1.68. The van der Waals surface area contributed by atoms with Crippen molar-refractivity contribution in [2.24, 2.45) is 5.92 Å². The van der Waals surface area contributed by atoms with Gasteiger partial charge >= 0.3 is 0 Å². The van der Waals surface area contributed by atoms with Crippen molar-refractivity contribution in [3.05, 3.63) is 11.8 Å². The molecule has 3 unspecified atom stereocenters. The molecule has 0 aliphatic carbocycles. The maximum absolute atomic E-state index is 6.18. The Morgan fingerprint density at radius 3 is 2.07 bits per heavy atom. The Hall–Kier alpha value is -0.620. The highest BCUT2D eigenvalue weighted by atomic mass is 16.7. The zero-order valence-corrected chi connectivity index (χ0v) is 19.0. The highest BCUT2D eigenvalue weighted by molar-refractivity contribution is 4.99. The Kier molecular flexibility index (Phi) is 12.9. The van der Waals surface area contributed by atoms with Gasteiger partial charge in [0.05, 0.1) is 18.5 Å². The van der Waals surface area contributed by atoms with Crippen LogP contribution in [0.15, 0.2) is 11.8 Å². The van der Waals surface area contributed by atoms with E-state index in [1.807, 2.05) is 0 Å². The van der Waals surface area contributed by atoms with E-state index in [0.717, 1.165) is 90.0 Å². The van der Waals surface area contributed by atoms with Gasteiger partial charge in [0.15, 0.2) is 12.6 Å². The SMILES string of the molecule is CCC(CCCOC1CCCCO1)/C(=C/CCCOC1CCCCO1)OC(C)C. The summed E-state index contributed by atoms with van der Waals surface area (Å²) in [5, 5.41) is 0. The predicted molar refractivity (Wildman–Crippen MR) is 116 cm³/mol. The third-order valence-electron chi connectivity index (χ3n) is 5.54. The molecule has 0 aromatic carbocycles. The molecule has 2 heterocycles. The second-order valence-electron chi connectivity index (χ2n) is 8.50. The molecule has 2 aliphatic rings. The Morgan fingerprint density at radius 2 is 1.55 bits per heavy atom. The predicted octanol–water partition coefficient (Wildman–Crippen LogP) is 5.97. The molecule has 0 N–H and O–H groups in total. The number of unbranched alkanes of at least 4 members (excludes halogenated alkanes) is 1. The van der Waals surface area contributed by atoms with Gasteiger partial charge in [-0.2, -0.15) is 0 Å². The molecule has 0 bridgehead atoms. The van der Waals surface area contributed by atoms with Crippen molar-refractivity contribution in [3.8, 4) is 0 Å². The largest absolute Gasteiger partial charge is 0.495 e. The molecule has 0 spiro atoms. The van der Waals surface area contributed by atoms with Crippen LogP contribution < -0.4 is 0 Å². The van der Waals surface area contributed by atoms with Crippen molar-refractivity contribution in [2.45, 2.75) is 110 Å². The third kappa shape index (κ3) is 10.8. The van der Waals surface area contributed by atoms with Gasteiger partial charge in [0.1, 0.15) is 0 Å². The summed E-state index contributed by atoms with van der Waals surface area (Å²) in [6, 6.07) is 0. The first-order valence-electron chi connectivity index (χ1n) is 12.0. The summed E-state index contributed by atoms with van der Waals surface area (Å²) in [5.74, 6) is 1.60. The van der Waals surface area contributed by atoms with Crippen LogP contribution in [0.2, 0.25) is 0 Å². The summed E-state index contributed by atoms with van der Waals surface area (Å²) in [5.41, 5.74) is 0. The molecule has 0 saturated carbocycles. The van der Waals surface area contributed by atoms with Crippen LogP contribution in [0, 0.1) is 5.92 Å². The van der Waals surface area contributed by atoms with Crippen LogP contribution in [0.1, 0.15) is 91.4 Å². The summed E-state index contributed by atoms with van der Waals surface area (Å²) in [7, 11) is 0. The van der Waals surface area contributed by atoms with Crippen LogP contribution in [-0.4, -0.2) is 45.1 Å². The topological polar surface area (TPSA) is 46.2 Å². The molecule has 5 heteroatoms. The van der Waals surface area contributed by atoms with Gasteiger partial charge in [0.2, 0.25) is 0 Å². The normalized spacial score (nSPS) is 24.6. The molecular weight excluding hydrogens is 368 g/mol. The van der Waals surface area contributed by atoms with E-state index in [0.29, 0.717) is 5.92 Å². The first-order valence-corrected chi connectivity index (χ1v) is 12.0. The molecule has 0 aromatic heterocycles. The number of hydrogen-bond acceptors (Lipinski definition) is 5. The second-order valence-corrected chi connectivity index (χ2v) is 8.50. The molecule has 3 atom stereocenters. The fourth-order valence-corrected chi connectivity index (χ4v) is 3.90. The quantitative estimate of drug-likeness (QED) is 0.260. The summed E-state index contributed by atoms with van der Waals surface area (Å²) >= 11 is 0. The van der Waals surface area contributed by atoms with Gasteiger partial charge in [0.25, 0.3) is 0 Å². The molecule has 2 aliphatic heterocycles. The highest BCUT2D eigenvalue weighted by Gasteiger charge is 2.17. The van der Waals surface area contributed by atoms with E-state index in [2.05, 4.69) is 26.8 Å². The fraction of sp³-hybridized carbons (Fsp3) is 0.917. The van der Waals surface area contributed by atoms with Gasteiger partial charge in [-0.05, 0) is 90.6 Å². The number of ether oxygens (including phenoxy) is 5. The lowest BCUT2D eigenvalue weighted by atomic mass is 9.97. The van der Waals surface area contributed by atoms with E-state index in [4.69, 9.17) is 23.7 Å². The van der Waals surface area contributed by atoms with Gasteiger partial charge < -0.3 is 23.7 Å². The molecule has 0 radical (unpaired) electrons. The van der Waals surface area contributed by atoms with Gasteiger partial charge in [-0.1, -0.05) is 6.92 Å². The Bertz CT molecular complexity index is 425. The van der Waals surface area contributed by atoms with Gasteiger partial charge in [0, 0.05) is 25.7 Å². The zero-order valence-electron chi connectivity index (χ0n) is 19.0.